The summed E-state index contributed by atoms with van der Waals surface area (Å²) in [5.74, 6) is 1.36. The average Bonchev–Trinajstić information content (AvgIpc) is 2.62. The Labute approximate surface area is 146 Å². The van der Waals surface area contributed by atoms with Crippen LogP contribution in [-0.2, 0) is 4.79 Å². The molecular formula is C20H19N3O2. The quantitative estimate of drug-likeness (QED) is 0.708. The van der Waals surface area contributed by atoms with E-state index in [2.05, 4.69) is 15.6 Å². The number of carbonyl (C=O) groups excluding carboxylic acids is 1. The van der Waals surface area contributed by atoms with E-state index in [1.165, 1.54) is 0 Å². The summed E-state index contributed by atoms with van der Waals surface area (Å²) in [4.78, 5) is 15.9. The number of hydrogen-bond donors (Lipinski definition) is 2. The smallest absolute Gasteiger partial charge is 0.243 e. The number of amides is 1. The highest BCUT2D eigenvalue weighted by molar-refractivity contribution is 5.93. The topological polar surface area (TPSA) is 63.2 Å². The summed E-state index contributed by atoms with van der Waals surface area (Å²) < 4.78 is 5.70. The molecule has 5 heteroatoms. The lowest BCUT2D eigenvalue weighted by molar-refractivity contribution is -0.114. The van der Waals surface area contributed by atoms with Gasteiger partial charge < -0.3 is 15.4 Å². The van der Waals surface area contributed by atoms with E-state index < -0.39 is 0 Å². The number of nitrogens with zero attached hydrogens (tertiary/aromatic N) is 1. The highest BCUT2D eigenvalue weighted by Crippen LogP contribution is 2.22. The van der Waals surface area contributed by atoms with E-state index in [0.29, 0.717) is 0 Å². The number of nitrogens with one attached hydrogen (secondary N) is 2. The third-order valence-corrected chi connectivity index (χ3v) is 3.49. The van der Waals surface area contributed by atoms with Crippen LogP contribution in [0.15, 0.2) is 73.1 Å². The van der Waals surface area contributed by atoms with Crippen LogP contribution < -0.4 is 15.4 Å². The third-order valence-electron chi connectivity index (χ3n) is 3.49. The van der Waals surface area contributed by atoms with Crippen LogP contribution in [0.2, 0.25) is 0 Å². The van der Waals surface area contributed by atoms with Crippen LogP contribution in [0.5, 0.6) is 11.5 Å². The molecule has 0 aliphatic heterocycles. The molecule has 0 saturated carbocycles. The number of hydrogen-bond acceptors (Lipinski definition) is 4. The molecule has 2 aromatic carbocycles. The van der Waals surface area contributed by atoms with E-state index in [1.54, 1.807) is 24.5 Å². The van der Waals surface area contributed by atoms with E-state index >= 15 is 0 Å². The molecule has 0 radical (unpaired) electrons. The van der Waals surface area contributed by atoms with E-state index in [9.17, 15) is 4.79 Å². The summed E-state index contributed by atoms with van der Waals surface area (Å²) in [5, 5.41) is 5.96. The zero-order chi connectivity index (χ0) is 17.5. The Hall–Kier alpha value is -3.34. The second kappa shape index (κ2) is 7.97. The first-order chi connectivity index (χ1) is 12.2. The van der Waals surface area contributed by atoms with Crippen molar-refractivity contribution in [3.8, 4) is 11.5 Å². The molecule has 25 heavy (non-hydrogen) atoms. The first kappa shape index (κ1) is 16.5. The molecule has 1 aromatic heterocycles. The fraction of sp³-hybridized carbons (Fsp3) is 0.100. The number of aromatic nitrogens is 1. The van der Waals surface area contributed by atoms with Crippen LogP contribution in [0.4, 0.5) is 11.4 Å². The zero-order valence-corrected chi connectivity index (χ0v) is 13.9. The molecule has 1 heterocycles. The van der Waals surface area contributed by atoms with Crippen LogP contribution in [-0.4, -0.2) is 17.4 Å². The second-order valence-corrected chi connectivity index (χ2v) is 5.58. The summed E-state index contributed by atoms with van der Waals surface area (Å²) in [6, 6.07) is 18.7. The standard InChI is InChI=1S/C20H19N3O2/c1-15-3-2-4-17(13-15)23-20(24)14-22-16-5-7-18(8-6-16)25-19-9-11-21-12-10-19/h2-13,22H,14H2,1H3,(H,23,24). The van der Waals surface area contributed by atoms with Crippen LogP contribution >= 0.6 is 0 Å². The van der Waals surface area contributed by atoms with Crippen molar-refractivity contribution in [3.63, 3.8) is 0 Å². The summed E-state index contributed by atoms with van der Waals surface area (Å²) in [6.07, 6.45) is 3.36. The van der Waals surface area contributed by atoms with Crippen molar-refractivity contribution < 1.29 is 9.53 Å². The van der Waals surface area contributed by atoms with Gasteiger partial charge in [-0.25, -0.2) is 0 Å². The Morgan fingerprint density at radius 3 is 2.40 bits per heavy atom. The zero-order valence-electron chi connectivity index (χ0n) is 13.9. The van der Waals surface area contributed by atoms with Gasteiger partial charge in [0.1, 0.15) is 11.5 Å². The molecule has 3 aromatic rings. The summed E-state index contributed by atoms with van der Waals surface area (Å²) in [5.41, 5.74) is 2.75. The van der Waals surface area contributed by atoms with Gasteiger partial charge in [-0.3, -0.25) is 9.78 Å². The lowest BCUT2D eigenvalue weighted by atomic mass is 10.2. The third kappa shape index (κ3) is 5.07. The maximum absolute atomic E-state index is 12.0. The highest BCUT2D eigenvalue weighted by Gasteiger charge is 2.03. The average molecular weight is 333 g/mol. The van der Waals surface area contributed by atoms with Gasteiger partial charge >= 0.3 is 0 Å². The molecule has 126 valence electrons. The molecule has 0 atom stereocenters. The van der Waals surface area contributed by atoms with Gasteiger partial charge in [0.2, 0.25) is 5.91 Å². The fourth-order valence-corrected chi connectivity index (χ4v) is 2.29. The molecule has 0 aliphatic rings. The molecule has 0 spiro atoms. The normalized spacial score (nSPS) is 10.1. The first-order valence-electron chi connectivity index (χ1n) is 7.97. The Balaban J connectivity index is 1.50. The van der Waals surface area contributed by atoms with Gasteiger partial charge in [0.05, 0.1) is 6.54 Å². The highest BCUT2D eigenvalue weighted by atomic mass is 16.5. The molecule has 3 rings (SSSR count). The monoisotopic (exact) mass is 333 g/mol. The Kier molecular flexibility index (Phi) is 5.26. The lowest BCUT2D eigenvalue weighted by Crippen LogP contribution is -2.21. The van der Waals surface area contributed by atoms with Crippen molar-refractivity contribution in [2.24, 2.45) is 0 Å². The van der Waals surface area contributed by atoms with Crippen molar-refractivity contribution >= 4 is 17.3 Å². The van der Waals surface area contributed by atoms with E-state index in [1.807, 2.05) is 55.5 Å². The molecular weight excluding hydrogens is 314 g/mol. The number of anilines is 2. The van der Waals surface area contributed by atoms with Crippen LogP contribution in [0.1, 0.15) is 5.56 Å². The van der Waals surface area contributed by atoms with Gasteiger partial charge in [0, 0.05) is 23.8 Å². The summed E-state index contributed by atoms with van der Waals surface area (Å²) >= 11 is 0. The minimum Gasteiger partial charge on any atom is -0.457 e. The SMILES string of the molecule is Cc1cccc(NC(=O)CNc2ccc(Oc3ccncc3)cc2)c1. The van der Waals surface area contributed by atoms with Crippen LogP contribution in [0, 0.1) is 6.92 Å². The molecule has 0 fully saturated rings. The molecule has 0 bridgehead atoms. The first-order valence-corrected chi connectivity index (χ1v) is 7.97. The number of rotatable bonds is 6. The van der Waals surface area contributed by atoms with Crippen molar-refractivity contribution in [3.05, 3.63) is 78.6 Å². The number of pyridine rings is 1. The van der Waals surface area contributed by atoms with Crippen LogP contribution in [0.25, 0.3) is 0 Å². The predicted molar refractivity (Wildman–Crippen MR) is 99.1 cm³/mol. The predicted octanol–water partition coefficient (Wildman–Crippen LogP) is 4.23. The summed E-state index contributed by atoms with van der Waals surface area (Å²) in [6.45, 7) is 2.18. The number of benzene rings is 2. The van der Waals surface area contributed by atoms with Gasteiger partial charge in [-0.2, -0.15) is 0 Å². The van der Waals surface area contributed by atoms with Gasteiger partial charge in [0.15, 0.2) is 0 Å². The van der Waals surface area contributed by atoms with Gasteiger partial charge in [-0.05, 0) is 61.0 Å². The largest absolute Gasteiger partial charge is 0.457 e. The fourth-order valence-electron chi connectivity index (χ4n) is 2.29. The maximum Gasteiger partial charge on any atom is 0.243 e. The number of aryl methyl sites for hydroxylation is 1. The Morgan fingerprint density at radius 1 is 0.960 bits per heavy atom. The maximum atomic E-state index is 12.0. The molecule has 0 aliphatic carbocycles. The molecule has 1 amide bonds. The summed E-state index contributed by atoms with van der Waals surface area (Å²) in [7, 11) is 0. The number of ether oxygens (including phenoxy) is 1. The lowest BCUT2D eigenvalue weighted by Gasteiger charge is -2.09. The van der Waals surface area contributed by atoms with E-state index in [0.717, 1.165) is 28.4 Å². The van der Waals surface area contributed by atoms with Gasteiger partial charge in [-0.15, -0.1) is 0 Å². The molecule has 0 saturated heterocycles. The Bertz CT molecular complexity index is 833. The van der Waals surface area contributed by atoms with Crippen molar-refractivity contribution in [1.29, 1.82) is 0 Å². The van der Waals surface area contributed by atoms with E-state index in [-0.39, 0.29) is 12.5 Å². The minimum atomic E-state index is -0.0947. The molecule has 0 unspecified atom stereocenters. The second-order valence-electron chi connectivity index (χ2n) is 5.58. The minimum absolute atomic E-state index is 0.0947. The van der Waals surface area contributed by atoms with Crippen LogP contribution in [0.3, 0.4) is 0 Å². The van der Waals surface area contributed by atoms with E-state index in [4.69, 9.17) is 4.74 Å². The van der Waals surface area contributed by atoms with Gasteiger partial charge in [0.25, 0.3) is 0 Å². The van der Waals surface area contributed by atoms with Crippen molar-refractivity contribution in [2.75, 3.05) is 17.2 Å². The van der Waals surface area contributed by atoms with Crippen molar-refractivity contribution in [1.82, 2.24) is 4.98 Å². The van der Waals surface area contributed by atoms with Gasteiger partial charge in [-0.1, -0.05) is 12.1 Å². The molecule has 2 N–H and O–H groups in total. The van der Waals surface area contributed by atoms with Crippen molar-refractivity contribution in [2.45, 2.75) is 6.92 Å². The molecule has 5 nitrogen and oxygen atoms in total. The Morgan fingerprint density at radius 2 is 1.68 bits per heavy atom. The number of carbonyl (C=O) groups is 1.